The van der Waals surface area contributed by atoms with Crippen LogP contribution < -0.4 is 0 Å². The van der Waals surface area contributed by atoms with Crippen molar-refractivity contribution in [1.29, 1.82) is 0 Å². The van der Waals surface area contributed by atoms with Gasteiger partial charge < -0.3 is 0 Å². The third-order valence-corrected chi connectivity index (χ3v) is 4.80. The average molecular weight is 279 g/mol. The summed E-state index contributed by atoms with van der Waals surface area (Å²) in [4.78, 5) is 0.320. The maximum atomic E-state index is 12.3. The molecular weight excluding hydrogens is 262 g/mol. The predicted octanol–water partition coefficient (Wildman–Crippen LogP) is 1.51. The molecule has 0 aliphatic rings. The molecule has 6 heteroatoms. The number of hydrogen-bond donors (Lipinski definition) is 0. The van der Waals surface area contributed by atoms with E-state index in [0.717, 1.165) is 5.56 Å². The summed E-state index contributed by atoms with van der Waals surface area (Å²) in [7, 11) is -1.83. The standard InChI is InChI=1S/C13H17N3O2S/c1-12-4-6-13(7-5-12)19(17,18)15(2)10-11-16-9-3-8-14-16/h3-9H,10-11H2,1-2H3. The zero-order valence-corrected chi connectivity index (χ0v) is 11.8. The summed E-state index contributed by atoms with van der Waals surface area (Å²) < 4.78 is 27.7. The normalized spacial score (nSPS) is 11.9. The third kappa shape index (κ3) is 3.21. The van der Waals surface area contributed by atoms with Gasteiger partial charge in [0.05, 0.1) is 11.4 Å². The van der Waals surface area contributed by atoms with Gasteiger partial charge >= 0.3 is 0 Å². The van der Waals surface area contributed by atoms with Gasteiger partial charge in [-0.2, -0.15) is 9.40 Å². The molecule has 5 nitrogen and oxygen atoms in total. The van der Waals surface area contributed by atoms with Gasteiger partial charge in [0.25, 0.3) is 0 Å². The molecule has 1 heterocycles. The summed E-state index contributed by atoms with van der Waals surface area (Å²) in [6.45, 7) is 2.85. The first kappa shape index (κ1) is 13.8. The van der Waals surface area contributed by atoms with Crippen LogP contribution in [0.2, 0.25) is 0 Å². The van der Waals surface area contributed by atoms with Gasteiger partial charge in [0.2, 0.25) is 10.0 Å². The summed E-state index contributed by atoms with van der Waals surface area (Å²) in [6, 6.07) is 8.68. The number of likely N-dealkylation sites (N-methyl/N-ethyl adjacent to an activating group) is 1. The molecule has 0 bridgehead atoms. The van der Waals surface area contributed by atoms with Crippen LogP contribution in [0.15, 0.2) is 47.6 Å². The lowest BCUT2D eigenvalue weighted by Crippen LogP contribution is -2.30. The first-order valence-electron chi connectivity index (χ1n) is 6.00. The highest BCUT2D eigenvalue weighted by Crippen LogP contribution is 2.14. The SMILES string of the molecule is Cc1ccc(S(=O)(=O)N(C)CCn2cccn2)cc1. The Morgan fingerprint density at radius 1 is 1.26 bits per heavy atom. The number of sulfonamides is 1. The fourth-order valence-electron chi connectivity index (χ4n) is 1.69. The molecule has 0 aliphatic heterocycles. The largest absolute Gasteiger partial charge is 0.271 e. The molecule has 0 radical (unpaired) electrons. The van der Waals surface area contributed by atoms with Crippen molar-refractivity contribution in [2.24, 2.45) is 0 Å². The van der Waals surface area contributed by atoms with Gasteiger partial charge in [-0.15, -0.1) is 0 Å². The minimum Gasteiger partial charge on any atom is -0.271 e. The molecule has 0 unspecified atom stereocenters. The summed E-state index contributed by atoms with van der Waals surface area (Å²) in [5.74, 6) is 0. The summed E-state index contributed by atoms with van der Waals surface area (Å²) in [6.07, 6.45) is 3.49. The summed E-state index contributed by atoms with van der Waals surface area (Å²) in [5.41, 5.74) is 1.04. The topological polar surface area (TPSA) is 55.2 Å². The zero-order chi connectivity index (χ0) is 13.9. The average Bonchev–Trinajstić information content (AvgIpc) is 2.89. The second kappa shape index (κ2) is 5.54. The third-order valence-electron chi connectivity index (χ3n) is 2.93. The van der Waals surface area contributed by atoms with Crippen LogP contribution in [0.3, 0.4) is 0 Å². The predicted molar refractivity (Wildman–Crippen MR) is 73.2 cm³/mol. The van der Waals surface area contributed by atoms with Gasteiger partial charge in [-0.05, 0) is 25.1 Å². The van der Waals surface area contributed by atoms with E-state index in [9.17, 15) is 8.42 Å². The van der Waals surface area contributed by atoms with Crippen molar-refractivity contribution in [3.05, 3.63) is 48.3 Å². The quantitative estimate of drug-likeness (QED) is 0.833. The molecule has 2 aromatic rings. The molecule has 0 fully saturated rings. The lowest BCUT2D eigenvalue weighted by Gasteiger charge is -2.17. The van der Waals surface area contributed by atoms with Crippen LogP contribution in [0.4, 0.5) is 0 Å². The molecule has 0 saturated carbocycles. The maximum absolute atomic E-state index is 12.3. The van der Waals surface area contributed by atoms with E-state index >= 15 is 0 Å². The molecule has 0 spiro atoms. The molecule has 0 saturated heterocycles. The Bertz CT molecular complexity index is 618. The molecule has 1 aromatic carbocycles. The fraction of sp³-hybridized carbons (Fsp3) is 0.308. The van der Waals surface area contributed by atoms with Crippen molar-refractivity contribution in [3.63, 3.8) is 0 Å². The van der Waals surface area contributed by atoms with E-state index in [2.05, 4.69) is 5.10 Å². The van der Waals surface area contributed by atoms with Crippen LogP contribution in [0.25, 0.3) is 0 Å². The second-order valence-corrected chi connectivity index (χ2v) is 6.45. The second-order valence-electron chi connectivity index (χ2n) is 4.41. The van der Waals surface area contributed by atoms with Crippen molar-refractivity contribution in [1.82, 2.24) is 14.1 Å². The smallest absolute Gasteiger partial charge is 0.242 e. The highest BCUT2D eigenvalue weighted by molar-refractivity contribution is 7.89. The van der Waals surface area contributed by atoms with Crippen LogP contribution in [0.1, 0.15) is 5.56 Å². The number of nitrogens with zero attached hydrogens (tertiary/aromatic N) is 3. The van der Waals surface area contributed by atoms with Crippen LogP contribution >= 0.6 is 0 Å². The van der Waals surface area contributed by atoms with Gasteiger partial charge in [0.15, 0.2) is 0 Å². The number of aromatic nitrogens is 2. The summed E-state index contributed by atoms with van der Waals surface area (Å²) >= 11 is 0. The minimum absolute atomic E-state index is 0.320. The van der Waals surface area contributed by atoms with Gasteiger partial charge in [-0.1, -0.05) is 17.7 Å². The Morgan fingerprint density at radius 3 is 2.53 bits per heavy atom. The molecule has 1 aromatic heterocycles. The Morgan fingerprint density at radius 2 is 1.95 bits per heavy atom. The molecule has 102 valence electrons. The Balaban J connectivity index is 2.08. The maximum Gasteiger partial charge on any atom is 0.242 e. The molecule has 2 rings (SSSR count). The first-order valence-corrected chi connectivity index (χ1v) is 7.44. The number of benzene rings is 1. The zero-order valence-electron chi connectivity index (χ0n) is 11.0. The van der Waals surface area contributed by atoms with Crippen LogP contribution in [-0.2, 0) is 16.6 Å². The Hall–Kier alpha value is -1.66. The highest BCUT2D eigenvalue weighted by Gasteiger charge is 2.20. The molecule has 0 atom stereocenters. The van der Waals surface area contributed by atoms with E-state index in [-0.39, 0.29) is 0 Å². The van der Waals surface area contributed by atoms with Crippen molar-refractivity contribution in [3.8, 4) is 0 Å². The Kier molecular flexibility index (Phi) is 4.01. The van der Waals surface area contributed by atoms with Gasteiger partial charge in [-0.3, -0.25) is 4.68 Å². The monoisotopic (exact) mass is 279 g/mol. The lowest BCUT2D eigenvalue weighted by molar-refractivity contribution is 0.433. The van der Waals surface area contributed by atoms with Crippen molar-refractivity contribution in [2.45, 2.75) is 18.4 Å². The Labute approximate surface area is 113 Å². The van der Waals surface area contributed by atoms with E-state index in [1.54, 1.807) is 42.2 Å². The molecule has 0 aliphatic carbocycles. The van der Waals surface area contributed by atoms with E-state index in [1.807, 2.05) is 19.2 Å². The van der Waals surface area contributed by atoms with E-state index in [1.165, 1.54) is 4.31 Å². The first-order chi connectivity index (χ1) is 9.00. The van der Waals surface area contributed by atoms with Gasteiger partial charge in [0.1, 0.15) is 0 Å². The van der Waals surface area contributed by atoms with E-state index < -0.39 is 10.0 Å². The van der Waals surface area contributed by atoms with E-state index in [4.69, 9.17) is 0 Å². The molecular formula is C13H17N3O2S. The molecule has 0 N–H and O–H groups in total. The van der Waals surface area contributed by atoms with Gasteiger partial charge in [0, 0.05) is 26.0 Å². The fourth-order valence-corrected chi connectivity index (χ4v) is 2.85. The van der Waals surface area contributed by atoms with E-state index in [0.29, 0.717) is 18.0 Å². The lowest BCUT2D eigenvalue weighted by atomic mass is 10.2. The molecule has 19 heavy (non-hydrogen) atoms. The highest BCUT2D eigenvalue weighted by atomic mass is 32.2. The minimum atomic E-state index is -3.42. The number of hydrogen-bond acceptors (Lipinski definition) is 3. The number of aryl methyl sites for hydroxylation is 1. The van der Waals surface area contributed by atoms with Crippen LogP contribution in [0.5, 0.6) is 0 Å². The van der Waals surface area contributed by atoms with Crippen molar-refractivity contribution < 1.29 is 8.42 Å². The van der Waals surface area contributed by atoms with Gasteiger partial charge in [-0.25, -0.2) is 8.42 Å². The summed E-state index contributed by atoms with van der Waals surface area (Å²) in [5, 5.41) is 4.05. The van der Waals surface area contributed by atoms with Crippen molar-refractivity contribution >= 4 is 10.0 Å². The van der Waals surface area contributed by atoms with Crippen LogP contribution in [0, 0.1) is 6.92 Å². The molecule has 0 amide bonds. The van der Waals surface area contributed by atoms with Crippen LogP contribution in [-0.4, -0.2) is 36.1 Å². The number of rotatable bonds is 5. The van der Waals surface area contributed by atoms with Crippen molar-refractivity contribution in [2.75, 3.05) is 13.6 Å².